The van der Waals surface area contributed by atoms with Gasteiger partial charge in [-0.2, -0.15) is 0 Å². The molecular weight excluding hydrogens is 440 g/mol. The number of rotatable bonds is 6. The molecule has 1 aromatic heterocycles. The number of amides is 1. The highest BCUT2D eigenvalue weighted by atomic mass is 32.2. The molecule has 1 aromatic carbocycles. The number of anilines is 1. The molecule has 0 radical (unpaired) electrons. The van der Waals surface area contributed by atoms with Gasteiger partial charge >= 0.3 is 11.9 Å². The number of thiazole rings is 1. The van der Waals surface area contributed by atoms with E-state index in [1.54, 1.807) is 31.3 Å². The molecule has 0 saturated carbocycles. The molecule has 3 rings (SSSR count). The van der Waals surface area contributed by atoms with E-state index in [0.717, 1.165) is 25.6 Å². The van der Waals surface area contributed by atoms with E-state index in [9.17, 15) is 18.0 Å². The van der Waals surface area contributed by atoms with Crippen molar-refractivity contribution in [2.45, 2.75) is 24.7 Å². The summed E-state index contributed by atoms with van der Waals surface area (Å²) in [7, 11) is 1.15. The predicted molar refractivity (Wildman–Crippen MR) is 118 cm³/mol. The molecule has 1 aliphatic heterocycles. The van der Waals surface area contributed by atoms with E-state index in [1.807, 2.05) is 19.0 Å². The van der Waals surface area contributed by atoms with Crippen molar-refractivity contribution in [3.63, 3.8) is 0 Å². The molecule has 0 spiro atoms. The van der Waals surface area contributed by atoms with E-state index in [-0.39, 0.29) is 22.1 Å². The Hall–Kier alpha value is -2.76. The van der Waals surface area contributed by atoms with Crippen molar-refractivity contribution in [3.8, 4) is 0 Å². The third-order valence-electron chi connectivity index (χ3n) is 4.55. The standard InChI is InChI=1S/C20H24N4O5S2/c1-14-13-21-20(30-14)24(29-18(25)10-7-11-22(2)3)19(26)16-12-15-8-5-6-9-17(15)31(27,28)23(16)4/h5-6,8-9,12-13H,7,10-11H2,1-4H3. The van der Waals surface area contributed by atoms with Crippen LogP contribution in [0.4, 0.5) is 5.13 Å². The van der Waals surface area contributed by atoms with Gasteiger partial charge in [0, 0.05) is 24.5 Å². The number of sulfonamides is 1. The van der Waals surface area contributed by atoms with Crippen molar-refractivity contribution in [2.75, 3.05) is 32.8 Å². The summed E-state index contributed by atoms with van der Waals surface area (Å²) in [5.41, 5.74) is 0.240. The van der Waals surface area contributed by atoms with Gasteiger partial charge < -0.3 is 9.74 Å². The van der Waals surface area contributed by atoms with Crippen LogP contribution < -0.4 is 5.06 Å². The fourth-order valence-corrected chi connectivity index (χ4v) is 5.00. The highest BCUT2D eigenvalue weighted by Crippen LogP contribution is 2.32. The molecule has 9 nitrogen and oxygen atoms in total. The van der Waals surface area contributed by atoms with Crippen molar-refractivity contribution >= 4 is 44.4 Å². The lowest BCUT2D eigenvalue weighted by Gasteiger charge is -2.29. The maximum absolute atomic E-state index is 13.4. The number of aromatic nitrogens is 1. The van der Waals surface area contributed by atoms with Gasteiger partial charge in [-0.15, -0.1) is 5.06 Å². The van der Waals surface area contributed by atoms with Crippen molar-refractivity contribution < 1.29 is 22.8 Å². The maximum Gasteiger partial charge on any atom is 0.333 e. The van der Waals surface area contributed by atoms with Crippen molar-refractivity contribution in [1.82, 2.24) is 14.2 Å². The molecule has 166 valence electrons. The Kier molecular flexibility index (Phi) is 6.77. The monoisotopic (exact) mass is 464 g/mol. The first-order chi connectivity index (χ1) is 14.6. The lowest BCUT2D eigenvalue weighted by Crippen LogP contribution is -2.42. The zero-order valence-electron chi connectivity index (χ0n) is 17.7. The van der Waals surface area contributed by atoms with Gasteiger partial charge in [-0.25, -0.2) is 18.2 Å². The number of hydrogen-bond acceptors (Lipinski definition) is 8. The van der Waals surface area contributed by atoms with Crippen LogP contribution in [0.1, 0.15) is 23.3 Å². The second kappa shape index (κ2) is 9.16. The van der Waals surface area contributed by atoms with Crippen LogP contribution in [-0.2, 0) is 24.4 Å². The van der Waals surface area contributed by atoms with Crippen LogP contribution in [0.5, 0.6) is 0 Å². The van der Waals surface area contributed by atoms with Crippen LogP contribution in [0, 0.1) is 6.92 Å². The van der Waals surface area contributed by atoms with Crippen LogP contribution in [0.2, 0.25) is 0 Å². The molecule has 0 fully saturated rings. The molecule has 0 bridgehead atoms. The molecule has 11 heteroatoms. The van der Waals surface area contributed by atoms with Crippen LogP contribution in [0.3, 0.4) is 0 Å². The fourth-order valence-electron chi connectivity index (χ4n) is 2.94. The highest BCUT2D eigenvalue weighted by molar-refractivity contribution is 7.89. The number of carbonyl (C=O) groups excluding carboxylic acids is 2. The van der Waals surface area contributed by atoms with E-state index in [0.29, 0.717) is 18.5 Å². The number of hydroxylamine groups is 1. The normalized spacial score (nSPS) is 14.7. The van der Waals surface area contributed by atoms with Crippen LogP contribution in [-0.4, -0.2) is 62.2 Å². The summed E-state index contributed by atoms with van der Waals surface area (Å²) in [6.07, 6.45) is 3.66. The zero-order chi connectivity index (χ0) is 22.8. The Morgan fingerprint density at radius 2 is 1.94 bits per heavy atom. The lowest BCUT2D eigenvalue weighted by atomic mass is 10.2. The summed E-state index contributed by atoms with van der Waals surface area (Å²) >= 11 is 1.16. The first-order valence-corrected chi connectivity index (χ1v) is 11.8. The van der Waals surface area contributed by atoms with Crippen molar-refractivity contribution in [3.05, 3.63) is 46.6 Å². The molecule has 31 heavy (non-hydrogen) atoms. The third kappa shape index (κ3) is 4.94. The SMILES string of the molecule is Cc1cnc(N(OC(=O)CCCN(C)C)C(=O)C2=Cc3ccccc3S(=O)(=O)N2C)s1. The number of likely N-dealkylation sites (N-methyl/N-ethyl adjacent to an activating group) is 1. The van der Waals surface area contributed by atoms with Gasteiger partial charge in [-0.05, 0) is 51.7 Å². The Morgan fingerprint density at radius 1 is 1.23 bits per heavy atom. The molecule has 1 amide bonds. The average molecular weight is 465 g/mol. The second-order valence-electron chi connectivity index (χ2n) is 7.26. The summed E-state index contributed by atoms with van der Waals surface area (Å²) < 4.78 is 26.7. The van der Waals surface area contributed by atoms with Gasteiger partial charge in [0.25, 0.3) is 10.0 Å². The summed E-state index contributed by atoms with van der Waals surface area (Å²) in [6.45, 7) is 2.48. The molecule has 1 aliphatic rings. The number of nitrogens with zero attached hydrogens (tertiary/aromatic N) is 4. The Balaban J connectivity index is 1.93. The van der Waals surface area contributed by atoms with E-state index < -0.39 is 21.9 Å². The Bertz CT molecular complexity index is 1120. The summed E-state index contributed by atoms with van der Waals surface area (Å²) in [5.74, 6) is -1.40. The topological polar surface area (TPSA) is 100 Å². The molecule has 0 atom stereocenters. The summed E-state index contributed by atoms with van der Waals surface area (Å²) in [5, 5.41) is 0.926. The van der Waals surface area contributed by atoms with Crippen LogP contribution in [0.15, 0.2) is 41.1 Å². The first kappa shape index (κ1) is 22.9. The smallest absolute Gasteiger partial charge is 0.331 e. The average Bonchev–Trinajstić information content (AvgIpc) is 3.14. The number of aryl methyl sites for hydroxylation is 1. The van der Waals surface area contributed by atoms with Gasteiger partial charge in [0.1, 0.15) is 5.70 Å². The number of benzene rings is 1. The predicted octanol–water partition coefficient (Wildman–Crippen LogP) is 2.26. The second-order valence-corrected chi connectivity index (χ2v) is 10.4. The molecular formula is C20H24N4O5S2. The van der Waals surface area contributed by atoms with E-state index in [4.69, 9.17) is 4.84 Å². The van der Waals surface area contributed by atoms with Crippen molar-refractivity contribution in [1.29, 1.82) is 0 Å². The number of carbonyl (C=O) groups is 2. The summed E-state index contributed by atoms with van der Waals surface area (Å²) in [4.78, 5) is 38.1. The Labute approximate surface area is 185 Å². The quantitative estimate of drug-likeness (QED) is 0.605. The van der Waals surface area contributed by atoms with E-state index in [2.05, 4.69) is 4.98 Å². The van der Waals surface area contributed by atoms with Crippen LogP contribution in [0.25, 0.3) is 6.08 Å². The third-order valence-corrected chi connectivity index (χ3v) is 7.28. The first-order valence-electron chi connectivity index (χ1n) is 9.53. The van der Waals surface area contributed by atoms with Crippen molar-refractivity contribution in [2.24, 2.45) is 0 Å². The number of fused-ring (bicyclic) bond motifs is 1. The minimum atomic E-state index is -3.92. The molecule has 0 N–H and O–H groups in total. The van der Waals surface area contributed by atoms with E-state index >= 15 is 0 Å². The van der Waals surface area contributed by atoms with Gasteiger partial charge in [-0.3, -0.25) is 9.10 Å². The van der Waals surface area contributed by atoms with Gasteiger partial charge in [0.2, 0.25) is 5.13 Å². The molecule has 2 aromatic rings. The molecule has 2 heterocycles. The minimum Gasteiger partial charge on any atom is -0.331 e. The molecule has 0 aliphatic carbocycles. The molecule has 0 saturated heterocycles. The zero-order valence-corrected chi connectivity index (χ0v) is 19.4. The number of hydrogen-bond donors (Lipinski definition) is 0. The minimum absolute atomic E-state index is 0.0995. The fraction of sp³-hybridized carbons (Fsp3) is 0.350. The maximum atomic E-state index is 13.4. The van der Waals surface area contributed by atoms with Gasteiger partial charge in [0.05, 0.1) is 4.90 Å². The lowest BCUT2D eigenvalue weighted by molar-refractivity contribution is -0.149. The summed E-state index contributed by atoms with van der Waals surface area (Å²) in [6, 6.07) is 6.39. The molecule has 0 unspecified atom stereocenters. The van der Waals surface area contributed by atoms with Gasteiger partial charge in [-0.1, -0.05) is 29.5 Å². The highest BCUT2D eigenvalue weighted by Gasteiger charge is 2.37. The van der Waals surface area contributed by atoms with Crippen LogP contribution >= 0.6 is 11.3 Å². The van der Waals surface area contributed by atoms with E-state index in [1.165, 1.54) is 19.2 Å². The Morgan fingerprint density at radius 3 is 2.58 bits per heavy atom. The van der Waals surface area contributed by atoms with Gasteiger partial charge in [0.15, 0.2) is 0 Å². The largest absolute Gasteiger partial charge is 0.333 e.